The van der Waals surface area contributed by atoms with Crippen molar-refractivity contribution in [1.82, 2.24) is 9.91 Å². The number of ether oxygens (including phenoxy) is 1. The molecule has 2 aromatic rings. The summed E-state index contributed by atoms with van der Waals surface area (Å²) in [5.74, 6) is 1.57. The largest absolute Gasteiger partial charge is 0.497 e. The van der Waals surface area contributed by atoms with Gasteiger partial charge in [0.1, 0.15) is 5.75 Å². The van der Waals surface area contributed by atoms with Crippen molar-refractivity contribution < 1.29 is 9.53 Å². The monoisotopic (exact) mass is 425 g/mol. The predicted molar refractivity (Wildman–Crippen MR) is 120 cm³/mol. The summed E-state index contributed by atoms with van der Waals surface area (Å²) in [6.45, 7) is 4.63. The van der Waals surface area contributed by atoms with Gasteiger partial charge < -0.3 is 4.74 Å². The maximum absolute atomic E-state index is 13.3. The number of benzene rings is 2. The van der Waals surface area contributed by atoms with Crippen LogP contribution in [-0.4, -0.2) is 48.3 Å². The molecule has 1 atom stereocenters. The predicted octanol–water partition coefficient (Wildman–Crippen LogP) is 4.76. The van der Waals surface area contributed by atoms with Gasteiger partial charge in [0.15, 0.2) is 0 Å². The quantitative estimate of drug-likeness (QED) is 0.693. The van der Waals surface area contributed by atoms with Crippen LogP contribution in [0.2, 0.25) is 5.02 Å². The Morgan fingerprint density at radius 3 is 2.60 bits per heavy atom. The lowest BCUT2D eigenvalue weighted by atomic mass is 9.98. The van der Waals surface area contributed by atoms with Crippen LogP contribution in [-0.2, 0) is 4.79 Å². The fourth-order valence-corrected chi connectivity index (χ4v) is 4.27. The van der Waals surface area contributed by atoms with Gasteiger partial charge in [-0.05, 0) is 61.7 Å². The number of rotatable bonds is 5. The minimum Gasteiger partial charge on any atom is -0.497 e. The number of hydrogen-bond acceptors (Lipinski definition) is 4. The number of methoxy groups -OCH3 is 1. The highest BCUT2D eigenvalue weighted by Gasteiger charge is 2.34. The highest BCUT2D eigenvalue weighted by atomic mass is 35.5. The summed E-state index contributed by atoms with van der Waals surface area (Å²) < 4.78 is 5.37. The summed E-state index contributed by atoms with van der Waals surface area (Å²) in [6, 6.07) is 15.4. The molecule has 0 aliphatic carbocycles. The van der Waals surface area contributed by atoms with Crippen LogP contribution in [0.25, 0.3) is 0 Å². The zero-order valence-corrected chi connectivity index (χ0v) is 18.3. The highest BCUT2D eigenvalue weighted by Crippen LogP contribution is 2.34. The molecule has 2 aromatic carbocycles. The average molecular weight is 426 g/mol. The Bertz CT molecular complexity index is 920. The summed E-state index contributed by atoms with van der Waals surface area (Å²) in [6.07, 6.45) is 2.95. The van der Waals surface area contributed by atoms with E-state index in [4.69, 9.17) is 21.4 Å². The van der Waals surface area contributed by atoms with Gasteiger partial charge >= 0.3 is 0 Å². The van der Waals surface area contributed by atoms with Gasteiger partial charge in [0.2, 0.25) is 0 Å². The lowest BCUT2D eigenvalue weighted by Gasteiger charge is -2.31. The number of nitrogens with zero attached hydrogens (tertiary/aromatic N) is 3. The minimum absolute atomic E-state index is 0.0439. The molecule has 1 saturated heterocycles. The normalized spacial score (nSPS) is 20.3. The summed E-state index contributed by atoms with van der Waals surface area (Å²) in [5, 5.41) is 7.14. The molecule has 6 heteroatoms. The van der Waals surface area contributed by atoms with Gasteiger partial charge in [-0.3, -0.25) is 9.69 Å². The van der Waals surface area contributed by atoms with Gasteiger partial charge in [0.05, 0.1) is 25.4 Å². The highest BCUT2D eigenvalue weighted by molar-refractivity contribution is 6.30. The van der Waals surface area contributed by atoms with Crippen molar-refractivity contribution >= 4 is 23.2 Å². The number of likely N-dealkylation sites (tertiary alicyclic amines) is 1. The van der Waals surface area contributed by atoms with Crippen molar-refractivity contribution in [2.24, 2.45) is 11.0 Å². The van der Waals surface area contributed by atoms with Crippen molar-refractivity contribution in [3.63, 3.8) is 0 Å². The van der Waals surface area contributed by atoms with Gasteiger partial charge in [-0.2, -0.15) is 5.10 Å². The molecule has 30 heavy (non-hydrogen) atoms. The number of carbonyl (C=O) groups excluding carboxylic acids is 1. The van der Waals surface area contributed by atoms with E-state index >= 15 is 0 Å². The van der Waals surface area contributed by atoms with E-state index in [2.05, 4.69) is 11.8 Å². The van der Waals surface area contributed by atoms with Crippen LogP contribution >= 0.6 is 11.6 Å². The van der Waals surface area contributed by atoms with Crippen LogP contribution in [0.4, 0.5) is 0 Å². The van der Waals surface area contributed by atoms with E-state index in [1.807, 2.05) is 48.5 Å². The van der Waals surface area contributed by atoms with Crippen molar-refractivity contribution in [2.75, 3.05) is 26.7 Å². The molecule has 5 nitrogen and oxygen atoms in total. The second-order valence-corrected chi connectivity index (χ2v) is 8.68. The van der Waals surface area contributed by atoms with Gasteiger partial charge in [0.25, 0.3) is 5.91 Å². The summed E-state index contributed by atoms with van der Waals surface area (Å²) >= 11 is 6.09. The standard InChI is InChI=1S/C24H28ClN3O2/c1-17-10-12-27(13-11-17)16-24(29)28-23(18-6-8-20(25)9-7-18)15-22(26-28)19-4-3-5-21(14-19)30-2/h3-9,14,17,23H,10-13,15-16H2,1-2H3/t23-/m0/s1. The molecular weight excluding hydrogens is 398 g/mol. The Morgan fingerprint density at radius 2 is 1.90 bits per heavy atom. The molecule has 1 fully saturated rings. The van der Waals surface area contributed by atoms with E-state index < -0.39 is 0 Å². The van der Waals surface area contributed by atoms with Crippen LogP contribution in [0.1, 0.15) is 43.4 Å². The number of amides is 1. The SMILES string of the molecule is COc1cccc(C2=NN(C(=O)CN3CCC(C)CC3)[C@H](c3ccc(Cl)cc3)C2)c1. The Balaban J connectivity index is 1.58. The first kappa shape index (κ1) is 20.9. The topological polar surface area (TPSA) is 45.1 Å². The summed E-state index contributed by atoms with van der Waals surface area (Å²) in [5.41, 5.74) is 2.92. The molecule has 4 rings (SSSR count). The Hall–Kier alpha value is -2.37. The second kappa shape index (κ2) is 9.19. The number of hydrazone groups is 1. The van der Waals surface area contributed by atoms with E-state index in [0.29, 0.717) is 18.0 Å². The second-order valence-electron chi connectivity index (χ2n) is 8.25. The number of halogens is 1. The molecule has 0 bridgehead atoms. The van der Waals surface area contributed by atoms with E-state index in [0.717, 1.165) is 54.4 Å². The first-order valence-corrected chi connectivity index (χ1v) is 10.9. The fraction of sp³-hybridized carbons (Fsp3) is 0.417. The molecule has 0 aromatic heterocycles. The van der Waals surface area contributed by atoms with Crippen molar-refractivity contribution in [3.05, 3.63) is 64.7 Å². The average Bonchev–Trinajstić information content (AvgIpc) is 3.21. The van der Waals surface area contributed by atoms with Gasteiger partial charge in [0, 0.05) is 17.0 Å². The van der Waals surface area contributed by atoms with Crippen LogP contribution in [0.15, 0.2) is 53.6 Å². The lowest BCUT2D eigenvalue weighted by Crippen LogP contribution is -2.41. The fourth-order valence-electron chi connectivity index (χ4n) is 4.15. The van der Waals surface area contributed by atoms with Gasteiger partial charge in [-0.15, -0.1) is 0 Å². The molecule has 2 aliphatic rings. The van der Waals surface area contributed by atoms with Crippen LogP contribution < -0.4 is 4.74 Å². The maximum Gasteiger partial charge on any atom is 0.257 e. The van der Waals surface area contributed by atoms with Gasteiger partial charge in [-0.25, -0.2) is 5.01 Å². The Morgan fingerprint density at radius 1 is 1.17 bits per heavy atom. The minimum atomic E-state index is -0.125. The van der Waals surface area contributed by atoms with Crippen LogP contribution in [0, 0.1) is 5.92 Å². The Kier molecular flexibility index (Phi) is 6.40. The smallest absolute Gasteiger partial charge is 0.257 e. The van der Waals surface area contributed by atoms with Crippen LogP contribution in [0.5, 0.6) is 5.75 Å². The van der Waals surface area contributed by atoms with Gasteiger partial charge in [-0.1, -0.05) is 42.8 Å². The third-order valence-electron chi connectivity index (χ3n) is 6.06. The molecule has 0 N–H and O–H groups in total. The molecule has 0 spiro atoms. The molecule has 0 unspecified atom stereocenters. The number of carbonyl (C=O) groups is 1. The van der Waals surface area contributed by atoms with E-state index in [-0.39, 0.29) is 11.9 Å². The van der Waals surface area contributed by atoms with Crippen LogP contribution in [0.3, 0.4) is 0 Å². The Labute approximate surface area is 183 Å². The van der Waals surface area contributed by atoms with E-state index in [9.17, 15) is 4.79 Å². The zero-order valence-electron chi connectivity index (χ0n) is 17.6. The first-order valence-electron chi connectivity index (χ1n) is 10.6. The van der Waals surface area contributed by atoms with E-state index in [1.54, 1.807) is 12.1 Å². The lowest BCUT2D eigenvalue weighted by molar-refractivity contribution is -0.134. The molecule has 2 heterocycles. The number of hydrogen-bond donors (Lipinski definition) is 0. The van der Waals surface area contributed by atoms with Crippen molar-refractivity contribution in [1.29, 1.82) is 0 Å². The third kappa shape index (κ3) is 4.68. The molecule has 1 amide bonds. The molecule has 0 radical (unpaired) electrons. The summed E-state index contributed by atoms with van der Waals surface area (Å²) in [4.78, 5) is 15.5. The molecular formula is C24H28ClN3O2. The molecule has 2 aliphatic heterocycles. The molecule has 0 saturated carbocycles. The first-order chi connectivity index (χ1) is 14.5. The third-order valence-corrected chi connectivity index (χ3v) is 6.31. The van der Waals surface area contributed by atoms with E-state index in [1.165, 1.54) is 0 Å². The zero-order chi connectivity index (χ0) is 21.1. The van der Waals surface area contributed by atoms with Crippen molar-refractivity contribution in [2.45, 2.75) is 32.2 Å². The molecule has 158 valence electrons. The maximum atomic E-state index is 13.3. The van der Waals surface area contributed by atoms with Crippen molar-refractivity contribution in [3.8, 4) is 5.75 Å². The summed E-state index contributed by atoms with van der Waals surface area (Å²) in [7, 11) is 1.65. The number of piperidine rings is 1.